The van der Waals surface area contributed by atoms with E-state index >= 15 is 0 Å². The average Bonchev–Trinajstić information content (AvgIpc) is 2.68. The van der Waals surface area contributed by atoms with Crippen molar-refractivity contribution < 1.29 is 19.0 Å². The van der Waals surface area contributed by atoms with E-state index < -0.39 is 0 Å². The number of ether oxygens (including phenoxy) is 3. The topological polar surface area (TPSA) is 56.8 Å². The molecule has 3 rings (SSSR count). The molecule has 5 heteroatoms. The Morgan fingerprint density at radius 2 is 1.83 bits per heavy atom. The maximum Gasteiger partial charge on any atom is 0.220 e. The van der Waals surface area contributed by atoms with Crippen LogP contribution in [0.5, 0.6) is 17.2 Å². The average molecular weight is 412 g/mol. The summed E-state index contributed by atoms with van der Waals surface area (Å²) in [7, 11) is 0. The molecule has 1 aliphatic rings. The molecule has 30 heavy (non-hydrogen) atoms. The van der Waals surface area contributed by atoms with Gasteiger partial charge in [0.15, 0.2) is 11.5 Å². The Bertz CT molecular complexity index is 891. The van der Waals surface area contributed by atoms with Crippen LogP contribution in [0, 0.1) is 6.92 Å². The van der Waals surface area contributed by atoms with E-state index in [1.807, 2.05) is 44.2 Å². The second kappa shape index (κ2) is 9.41. The fourth-order valence-corrected chi connectivity index (χ4v) is 3.88. The van der Waals surface area contributed by atoms with Crippen LogP contribution in [0.4, 0.5) is 0 Å². The van der Waals surface area contributed by atoms with Gasteiger partial charge >= 0.3 is 0 Å². The van der Waals surface area contributed by atoms with Gasteiger partial charge in [0, 0.05) is 18.4 Å². The number of aryl methyl sites for hydroxylation is 2. The summed E-state index contributed by atoms with van der Waals surface area (Å²) in [4.78, 5) is 12.8. The van der Waals surface area contributed by atoms with Gasteiger partial charge in [-0.2, -0.15) is 0 Å². The van der Waals surface area contributed by atoms with Crippen LogP contribution >= 0.6 is 0 Å². The number of carbonyl (C=O) groups is 1. The molecule has 5 nitrogen and oxygen atoms in total. The van der Waals surface area contributed by atoms with Crippen molar-refractivity contribution in [3.63, 3.8) is 0 Å². The highest BCUT2D eigenvalue weighted by Gasteiger charge is 2.34. The normalized spacial score (nSPS) is 16.9. The zero-order chi connectivity index (χ0) is 21.7. The van der Waals surface area contributed by atoms with Gasteiger partial charge in [0.1, 0.15) is 11.4 Å². The molecule has 0 aromatic heterocycles. The molecule has 0 aliphatic carbocycles. The lowest BCUT2D eigenvalue weighted by Gasteiger charge is -2.38. The molecule has 0 radical (unpaired) electrons. The van der Waals surface area contributed by atoms with E-state index in [1.165, 1.54) is 0 Å². The zero-order valence-electron chi connectivity index (χ0n) is 18.7. The van der Waals surface area contributed by atoms with Gasteiger partial charge in [-0.1, -0.05) is 23.8 Å². The summed E-state index contributed by atoms with van der Waals surface area (Å²) in [5.41, 5.74) is 2.96. The first-order chi connectivity index (χ1) is 14.3. The SMILES string of the molecule is CCOc1ccc(CCC(=O)N[C@@H]2CC(C)(C)Oc3ccc(C)cc32)cc1OCC. The smallest absolute Gasteiger partial charge is 0.220 e. The molecule has 0 saturated heterocycles. The van der Waals surface area contributed by atoms with Crippen molar-refractivity contribution in [2.75, 3.05) is 13.2 Å². The number of hydrogen-bond acceptors (Lipinski definition) is 4. The summed E-state index contributed by atoms with van der Waals surface area (Å²) < 4.78 is 17.4. The number of hydrogen-bond donors (Lipinski definition) is 1. The van der Waals surface area contributed by atoms with Crippen molar-refractivity contribution in [2.45, 2.75) is 65.5 Å². The van der Waals surface area contributed by atoms with Crippen LogP contribution in [-0.4, -0.2) is 24.7 Å². The minimum Gasteiger partial charge on any atom is -0.490 e. The fourth-order valence-electron chi connectivity index (χ4n) is 3.88. The molecule has 0 unspecified atom stereocenters. The van der Waals surface area contributed by atoms with Crippen LogP contribution in [-0.2, 0) is 11.2 Å². The number of carbonyl (C=O) groups excluding carboxylic acids is 1. The van der Waals surface area contributed by atoms with E-state index in [4.69, 9.17) is 14.2 Å². The lowest BCUT2D eigenvalue weighted by molar-refractivity contribution is -0.122. The van der Waals surface area contributed by atoms with Crippen LogP contribution in [0.2, 0.25) is 0 Å². The van der Waals surface area contributed by atoms with E-state index in [2.05, 4.69) is 32.2 Å². The van der Waals surface area contributed by atoms with E-state index in [0.717, 1.165) is 40.4 Å². The molecule has 0 spiro atoms. The highest BCUT2D eigenvalue weighted by Crippen LogP contribution is 2.40. The molecule has 0 fully saturated rings. The van der Waals surface area contributed by atoms with Gasteiger partial charge in [-0.15, -0.1) is 0 Å². The molecular weight excluding hydrogens is 378 g/mol. The molecule has 0 saturated carbocycles. The van der Waals surface area contributed by atoms with Gasteiger partial charge in [0.25, 0.3) is 0 Å². The number of nitrogens with one attached hydrogen (secondary N) is 1. The van der Waals surface area contributed by atoms with Gasteiger partial charge < -0.3 is 19.5 Å². The Morgan fingerprint density at radius 1 is 1.10 bits per heavy atom. The minimum atomic E-state index is -0.318. The number of amides is 1. The third-order valence-electron chi connectivity index (χ3n) is 5.21. The van der Waals surface area contributed by atoms with Crippen molar-refractivity contribution in [2.24, 2.45) is 0 Å². The summed E-state index contributed by atoms with van der Waals surface area (Å²) in [6.07, 6.45) is 1.80. The molecule has 1 aliphatic heterocycles. The van der Waals surface area contributed by atoms with Crippen LogP contribution in [0.25, 0.3) is 0 Å². The second-order valence-electron chi connectivity index (χ2n) is 8.37. The molecule has 2 aromatic rings. The molecule has 1 heterocycles. The van der Waals surface area contributed by atoms with Crippen LogP contribution in [0.15, 0.2) is 36.4 Å². The Morgan fingerprint density at radius 3 is 2.57 bits per heavy atom. The Hall–Kier alpha value is -2.69. The van der Waals surface area contributed by atoms with Gasteiger partial charge in [-0.25, -0.2) is 0 Å². The van der Waals surface area contributed by atoms with Crippen molar-refractivity contribution in [1.82, 2.24) is 5.32 Å². The van der Waals surface area contributed by atoms with Gasteiger partial charge in [0.05, 0.1) is 19.3 Å². The second-order valence-corrected chi connectivity index (χ2v) is 8.37. The lowest BCUT2D eigenvalue weighted by atomic mass is 9.89. The molecule has 1 atom stereocenters. The summed E-state index contributed by atoms with van der Waals surface area (Å²) in [5, 5.41) is 3.22. The first kappa shape index (κ1) is 22.0. The zero-order valence-corrected chi connectivity index (χ0v) is 18.7. The predicted octanol–water partition coefficient (Wildman–Crippen LogP) is 5.14. The first-order valence-electron chi connectivity index (χ1n) is 10.8. The van der Waals surface area contributed by atoms with E-state index in [9.17, 15) is 4.79 Å². The van der Waals surface area contributed by atoms with Crippen molar-refractivity contribution >= 4 is 5.91 Å². The minimum absolute atomic E-state index is 0.0389. The van der Waals surface area contributed by atoms with Crippen LogP contribution < -0.4 is 19.5 Å². The van der Waals surface area contributed by atoms with Crippen LogP contribution in [0.3, 0.4) is 0 Å². The summed E-state index contributed by atoms with van der Waals surface area (Å²) in [6.45, 7) is 11.2. The summed E-state index contributed by atoms with van der Waals surface area (Å²) in [5.74, 6) is 2.36. The van der Waals surface area contributed by atoms with Crippen LogP contribution in [0.1, 0.15) is 63.3 Å². The monoisotopic (exact) mass is 411 g/mol. The first-order valence-corrected chi connectivity index (χ1v) is 10.8. The third-order valence-corrected chi connectivity index (χ3v) is 5.21. The molecule has 1 amide bonds. The summed E-state index contributed by atoms with van der Waals surface area (Å²) in [6, 6.07) is 12.0. The van der Waals surface area contributed by atoms with Gasteiger partial charge in [-0.3, -0.25) is 4.79 Å². The standard InChI is InChI=1S/C25H33NO4/c1-6-28-22-12-9-18(15-23(22)29-7-2)10-13-24(27)26-20-16-25(4,5)30-21-11-8-17(3)14-19(20)21/h8-9,11-12,14-15,20H,6-7,10,13,16H2,1-5H3,(H,26,27)/t20-/m1/s1. The Labute approximate surface area is 179 Å². The quantitative estimate of drug-likeness (QED) is 0.653. The maximum absolute atomic E-state index is 12.8. The van der Waals surface area contributed by atoms with Gasteiger partial charge in [-0.05, 0) is 64.8 Å². The lowest BCUT2D eigenvalue weighted by Crippen LogP contribution is -2.41. The number of fused-ring (bicyclic) bond motifs is 1. The fraction of sp³-hybridized carbons (Fsp3) is 0.480. The van der Waals surface area contributed by atoms with Gasteiger partial charge in [0.2, 0.25) is 5.91 Å². The Balaban J connectivity index is 1.66. The molecule has 162 valence electrons. The van der Waals surface area contributed by atoms with E-state index in [-0.39, 0.29) is 17.6 Å². The van der Waals surface area contributed by atoms with E-state index in [1.54, 1.807) is 0 Å². The highest BCUT2D eigenvalue weighted by molar-refractivity contribution is 5.77. The molecule has 0 bridgehead atoms. The molecule has 1 N–H and O–H groups in total. The predicted molar refractivity (Wildman–Crippen MR) is 118 cm³/mol. The number of benzene rings is 2. The highest BCUT2D eigenvalue weighted by atomic mass is 16.5. The Kier molecular flexibility index (Phi) is 6.91. The number of rotatable bonds is 8. The van der Waals surface area contributed by atoms with Crippen molar-refractivity contribution in [3.8, 4) is 17.2 Å². The largest absolute Gasteiger partial charge is 0.490 e. The van der Waals surface area contributed by atoms with Crippen molar-refractivity contribution in [1.29, 1.82) is 0 Å². The maximum atomic E-state index is 12.8. The molecule has 2 aromatic carbocycles. The molecular formula is C25H33NO4. The van der Waals surface area contributed by atoms with E-state index in [0.29, 0.717) is 26.1 Å². The summed E-state index contributed by atoms with van der Waals surface area (Å²) >= 11 is 0. The third kappa shape index (κ3) is 5.47. The van der Waals surface area contributed by atoms with Crippen molar-refractivity contribution in [3.05, 3.63) is 53.1 Å².